The molecular formula is C18H13N3O4S. The molecule has 0 atom stereocenters. The Hall–Kier alpha value is -3.39. The lowest BCUT2D eigenvalue weighted by Gasteiger charge is -2.02. The van der Waals surface area contributed by atoms with E-state index in [-0.39, 0.29) is 27.0 Å². The number of carboxylic acids is 1. The Kier molecular flexibility index (Phi) is 4.85. The van der Waals surface area contributed by atoms with E-state index in [1.54, 1.807) is 12.1 Å². The first-order valence-corrected chi connectivity index (χ1v) is 8.36. The number of benzene rings is 2. The molecule has 0 saturated heterocycles. The summed E-state index contributed by atoms with van der Waals surface area (Å²) < 4.78 is 0. The summed E-state index contributed by atoms with van der Waals surface area (Å²) in [6.07, 6.45) is 0. The summed E-state index contributed by atoms with van der Waals surface area (Å²) in [5, 5.41) is 19.5. The maximum Gasteiger partial charge on any atom is 0.335 e. The minimum atomic E-state index is -1.07. The molecule has 0 bridgehead atoms. The zero-order valence-corrected chi connectivity index (χ0v) is 14.4. The molecule has 7 nitrogen and oxygen atoms in total. The van der Waals surface area contributed by atoms with Gasteiger partial charge >= 0.3 is 5.97 Å². The lowest BCUT2D eigenvalue weighted by Crippen LogP contribution is -2.12. The van der Waals surface area contributed by atoms with E-state index < -0.39 is 11.9 Å². The molecule has 0 aliphatic rings. The van der Waals surface area contributed by atoms with Gasteiger partial charge in [0.1, 0.15) is 0 Å². The van der Waals surface area contributed by atoms with Crippen molar-refractivity contribution in [1.29, 1.82) is 0 Å². The third kappa shape index (κ3) is 3.65. The number of carbonyl (C=O) groups is 3. The van der Waals surface area contributed by atoms with Gasteiger partial charge in [-0.2, -0.15) is 0 Å². The van der Waals surface area contributed by atoms with Gasteiger partial charge in [-0.1, -0.05) is 35.6 Å². The van der Waals surface area contributed by atoms with Crippen molar-refractivity contribution < 1.29 is 19.5 Å². The summed E-state index contributed by atoms with van der Waals surface area (Å²) in [6, 6.07) is 12.6. The summed E-state index contributed by atoms with van der Waals surface area (Å²) >= 11 is 0.978. The first-order chi connectivity index (χ1) is 12.5. The van der Waals surface area contributed by atoms with Crippen molar-refractivity contribution in [3.8, 4) is 0 Å². The van der Waals surface area contributed by atoms with Crippen LogP contribution in [0.15, 0.2) is 48.5 Å². The molecule has 1 aromatic heterocycles. The van der Waals surface area contributed by atoms with Gasteiger partial charge in [0.2, 0.25) is 10.9 Å². The van der Waals surface area contributed by atoms with Crippen LogP contribution in [0, 0.1) is 6.92 Å². The van der Waals surface area contributed by atoms with Gasteiger partial charge in [0.05, 0.1) is 5.56 Å². The summed E-state index contributed by atoms with van der Waals surface area (Å²) in [4.78, 5) is 35.5. The van der Waals surface area contributed by atoms with Gasteiger partial charge in [-0.25, -0.2) is 4.79 Å². The fraction of sp³-hybridized carbons (Fsp3) is 0.0556. The average Bonchev–Trinajstić information content (AvgIpc) is 3.10. The van der Waals surface area contributed by atoms with Crippen LogP contribution in [-0.4, -0.2) is 33.0 Å². The third-order valence-corrected chi connectivity index (χ3v) is 4.46. The molecule has 1 amide bonds. The number of hydrogen-bond acceptors (Lipinski definition) is 6. The molecule has 130 valence electrons. The standard InChI is InChI=1S/C18H13N3O4S/c1-10-4-2-3-5-13(10)14(22)16-20-21-18(26-16)19-15(23)11-6-8-12(9-7-11)17(24)25/h2-9H,1H3,(H,24,25)(H,19,21,23). The number of aryl methyl sites for hydroxylation is 1. The Bertz CT molecular complexity index is 996. The maximum absolute atomic E-state index is 12.5. The van der Waals surface area contributed by atoms with Crippen LogP contribution < -0.4 is 5.32 Å². The summed E-state index contributed by atoms with van der Waals surface area (Å²) in [7, 11) is 0. The highest BCUT2D eigenvalue weighted by Crippen LogP contribution is 2.21. The Morgan fingerprint density at radius 1 is 0.962 bits per heavy atom. The van der Waals surface area contributed by atoms with E-state index in [4.69, 9.17) is 5.11 Å². The van der Waals surface area contributed by atoms with Crippen LogP contribution in [0.1, 0.15) is 41.6 Å². The predicted molar refractivity (Wildman–Crippen MR) is 95.9 cm³/mol. The van der Waals surface area contributed by atoms with E-state index in [1.165, 1.54) is 24.3 Å². The molecule has 2 N–H and O–H groups in total. The summed E-state index contributed by atoms with van der Waals surface area (Å²) in [6.45, 7) is 1.83. The minimum absolute atomic E-state index is 0.0866. The number of hydrogen-bond donors (Lipinski definition) is 2. The highest BCUT2D eigenvalue weighted by molar-refractivity contribution is 7.17. The molecule has 0 unspecified atom stereocenters. The van der Waals surface area contributed by atoms with E-state index in [0.717, 1.165) is 16.9 Å². The van der Waals surface area contributed by atoms with Crippen LogP contribution in [0.5, 0.6) is 0 Å². The van der Waals surface area contributed by atoms with Gasteiger partial charge < -0.3 is 5.11 Å². The first kappa shape index (κ1) is 17.4. The first-order valence-electron chi connectivity index (χ1n) is 7.54. The van der Waals surface area contributed by atoms with Crippen molar-refractivity contribution in [1.82, 2.24) is 10.2 Å². The number of amides is 1. The average molecular weight is 367 g/mol. The molecule has 2 aromatic carbocycles. The van der Waals surface area contributed by atoms with E-state index >= 15 is 0 Å². The number of aromatic carboxylic acids is 1. The topological polar surface area (TPSA) is 109 Å². The zero-order chi connectivity index (χ0) is 18.7. The maximum atomic E-state index is 12.5. The van der Waals surface area contributed by atoms with Gasteiger partial charge in [-0.15, -0.1) is 10.2 Å². The van der Waals surface area contributed by atoms with Crippen molar-refractivity contribution in [2.45, 2.75) is 6.92 Å². The van der Waals surface area contributed by atoms with Crippen LogP contribution in [0.4, 0.5) is 5.13 Å². The van der Waals surface area contributed by atoms with Crippen LogP contribution >= 0.6 is 11.3 Å². The van der Waals surface area contributed by atoms with Crippen molar-refractivity contribution in [3.05, 3.63) is 75.8 Å². The third-order valence-electron chi connectivity index (χ3n) is 3.62. The highest BCUT2D eigenvalue weighted by Gasteiger charge is 2.18. The zero-order valence-electron chi connectivity index (χ0n) is 13.6. The second-order valence-electron chi connectivity index (χ2n) is 5.39. The molecule has 0 fully saturated rings. The molecular weight excluding hydrogens is 354 g/mol. The molecule has 0 aliphatic carbocycles. The predicted octanol–water partition coefficient (Wildman–Crippen LogP) is 3.03. The lowest BCUT2D eigenvalue weighted by atomic mass is 10.1. The lowest BCUT2D eigenvalue weighted by molar-refractivity contribution is 0.0696. The molecule has 1 heterocycles. The minimum Gasteiger partial charge on any atom is -0.478 e. The van der Waals surface area contributed by atoms with Crippen molar-refractivity contribution in [2.75, 3.05) is 5.32 Å². The molecule has 0 saturated carbocycles. The Morgan fingerprint density at radius 2 is 1.62 bits per heavy atom. The van der Waals surface area contributed by atoms with Crippen LogP contribution in [0.3, 0.4) is 0 Å². The van der Waals surface area contributed by atoms with Gasteiger partial charge in [-0.05, 0) is 36.8 Å². The second kappa shape index (κ2) is 7.24. The number of anilines is 1. The smallest absolute Gasteiger partial charge is 0.335 e. The highest BCUT2D eigenvalue weighted by atomic mass is 32.1. The normalized spacial score (nSPS) is 10.3. The number of nitrogens with one attached hydrogen (secondary N) is 1. The van der Waals surface area contributed by atoms with Crippen molar-refractivity contribution >= 4 is 34.1 Å². The Labute approximate surface area is 152 Å². The van der Waals surface area contributed by atoms with Crippen LogP contribution in [0.2, 0.25) is 0 Å². The van der Waals surface area contributed by atoms with Gasteiger partial charge in [0.15, 0.2) is 5.01 Å². The SMILES string of the molecule is Cc1ccccc1C(=O)c1nnc(NC(=O)c2ccc(C(=O)O)cc2)s1. The van der Waals surface area contributed by atoms with E-state index in [0.29, 0.717) is 5.56 Å². The van der Waals surface area contributed by atoms with E-state index in [9.17, 15) is 14.4 Å². The molecule has 3 aromatic rings. The Morgan fingerprint density at radius 3 is 2.27 bits per heavy atom. The quantitative estimate of drug-likeness (QED) is 0.671. The van der Waals surface area contributed by atoms with E-state index in [2.05, 4.69) is 15.5 Å². The number of carbonyl (C=O) groups excluding carboxylic acids is 2. The molecule has 0 aliphatic heterocycles. The van der Waals surface area contributed by atoms with Crippen LogP contribution in [0.25, 0.3) is 0 Å². The van der Waals surface area contributed by atoms with Crippen LogP contribution in [-0.2, 0) is 0 Å². The number of ketones is 1. The van der Waals surface area contributed by atoms with E-state index in [1.807, 2.05) is 19.1 Å². The van der Waals surface area contributed by atoms with Crippen molar-refractivity contribution in [3.63, 3.8) is 0 Å². The fourth-order valence-electron chi connectivity index (χ4n) is 2.24. The molecule has 0 radical (unpaired) electrons. The Balaban J connectivity index is 1.74. The number of rotatable bonds is 5. The molecule has 8 heteroatoms. The second-order valence-corrected chi connectivity index (χ2v) is 6.37. The van der Waals surface area contributed by atoms with Gasteiger partial charge in [-0.3, -0.25) is 14.9 Å². The number of aromatic nitrogens is 2. The van der Waals surface area contributed by atoms with Crippen molar-refractivity contribution in [2.24, 2.45) is 0 Å². The number of carboxylic acid groups (broad SMARTS) is 1. The van der Waals surface area contributed by atoms with Gasteiger partial charge in [0.25, 0.3) is 5.91 Å². The monoisotopic (exact) mass is 367 g/mol. The summed E-state index contributed by atoms with van der Waals surface area (Å²) in [5.74, 6) is -1.79. The summed E-state index contributed by atoms with van der Waals surface area (Å²) in [5.41, 5.74) is 1.73. The van der Waals surface area contributed by atoms with Gasteiger partial charge in [0, 0.05) is 11.1 Å². The molecule has 3 rings (SSSR count). The molecule has 26 heavy (non-hydrogen) atoms. The number of nitrogens with zero attached hydrogens (tertiary/aromatic N) is 2. The fourth-order valence-corrected chi connectivity index (χ4v) is 2.93. The largest absolute Gasteiger partial charge is 0.478 e. The molecule has 0 spiro atoms.